The molecule has 2 aromatic rings. The molecule has 1 aromatic heterocycles. The van der Waals surface area contributed by atoms with Gasteiger partial charge >= 0.3 is 0 Å². The number of rotatable bonds is 4. The number of nitrogens with zero attached hydrogens (tertiary/aromatic N) is 1. The maximum absolute atomic E-state index is 13.2. The van der Waals surface area contributed by atoms with Gasteiger partial charge in [0.05, 0.1) is 29.5 Å². The van der Waals surface area contributed by atoms with Gasteiger partial charge in [-0.3, -0.25) is 9.78 Å². The highest BCUT2D eigenvalue weighted by atomic mass is 79.9. The van der Waals surface area contributed by atoms with E-state index >= 15 is 0 Å². The molecule has 1 heterocycles. The first-order valence-electron chi connectivity index (χ1n) is 6.06. The Morgan fingerprint density at radius 2 is 2.20 bits per heavy atom. The van der Waals surface area contributed by atoms with E-state index in [0.29, 0.717) is 23.5 Å². The monoisotopic (exact) mass is 337 g/mol. The fraction of sp³-hybridized carbons (Fsp3) is 0.143. The maximum atomic E-state index is 13.2. The summed E-state index contributed by atoms with van der Waals surface area (Å²) in [6.07, 6.45) is 3.02. The largest absolute Gasteiger partial charge is 0.352 e. The van der Waals surface area contributed by atoms with E-state index in [-0.39, 0.29) is 5.91 Å². The SMILES string of the molecule is CCC(=O)Nc1cccc(Br)c1Nc1cncc(F)c1. The molecule has 0 aliphatic heterocycles. The number of pyridine rings is 1. The van der Waals surface area contributed by atoms with Gasteiger partial charge < -0.3 is 10.6 Å². The predicted octanol–water partition coefficient (Wildman–Crippen LogP) is 4.08. The smallest absolute Gasteiger partial charge is 0.224 e. The van der Waals surface area contributed by atoms with Crippen LogP contribution in [0.25, 0.3) is 0 Å². The van der Waals surface area contributed by atoms with E-state index in [1.54, 1.807) is 13.0 Å². The van der Waals surface area contributed by atoms with Crippen LogP contribution in [0.15, 0.2) is 41.1 Å². The van der Waals surface area contributed by atoms with Gasteiger partial charge in [0.2, 0.25) is 5.91 Å². The number of nitrogens with one attached hydrogen (secondary N) is 2. The fourth-order valence-corrected chi connectivity index (χ4v) is 2.08. The number of benzene rings is 1. The third-order valence-corrected chi connectivity index (χ3v) is 3.24. The normalized spacial score (nSPS) is 10.2. The molecule has 0 aliphatic carbocycles. The third kappa shape index (κ3) is 3.54. The summed E-state index contributed by atoms with van der Waals surface area (Å²) in [5.41, 5.74) is 1.78. The van der Waals surface area contributed by atoms with Crippen molar-refractivity contribution in [3.05, 3.63) is 46.9 Å². The van der Waals surface area contributed by atoms with Gasteiger partial charge in [-0.15, -0.1) is 0 Å². The Kier molecular flexibility index (Phi) is 4.68. The van der Waals surface area contributed by atoms with Crippen LogP contribution >= 0.6 is 15.9 Å². The number of carbonyl (C=O) groups is 1. The molecule has 0 bridgehead atoms. The van der Waals surface area contributed by atoms with Crippen LogP contribution in [0.4, 0.5) is 21.5 Å². The van der Waals surface area contributed by atoms with Crippen molar-refractivity contribution in [3.63, 3.8) is 0 Å². The molecule has 0 unspecified atom stereocenters. The summed E-state index contributed by atoms with van der Waals surface area (Å²) in [4.78, 5) is 15.3. The summed E-state index contributed by atoms with van der Waals surface area (Å²) in [5.74, 6) is -0.523. The van der Waals surface area contributed by atoms with Crippen molar-refractivity contribution >= 4 is 38.9 Å². The molecule has 0 saturated heterocycles. The van der Waals surface area contributed by atoms with Crippen LogP contribution in [0.3, 0.4) is 0 Å². The Balaban J connectivity index is 2.32. The van der Waals surface area contributed by atoms with Crippen molar-refractivity contribution in [1.82, 2.24) is 4.98 Å². The summed E-state index contributed by atoms with van der Waals surface area (Å²) in [7, 11) is 0. The molecular formula is C14H13BrFN3O. The van der Waals surface area contributed by atoms with Gasteiger partial charge in [-0.2, -0.15) is 0 Å². The third-order valence-electron chi connectivity index (χ3n) is 2.58. The summed E-state index contributed by atoms with van der Waals surface area (Å²) < 4.78 is 13.9. The van der Waals surface area contributed by atoms with Gasteiger partial charge in [0.15, 0.2) is 0 Å². The minimum Gasteiger partial charge on any atom is -0.352 e. The van der Waals surface area contributed by atoms with Crippen LogP contribution in [-0.4, -0.2) is 10.9 Å². The van der Waals surface area contributed by atoms with E-state index in [1.807, 2.05) is 12.1 Å². The van der Waals surface area contributed by atoms with E-state index in [0.717, 1.165) is 10.7 Å². The number of para-hydroxylation sites is 1. The molecule has 0 saturated carbocycles. The fourth-order valence-electron chi connectivity index (χ4n) is 1.62. The lowest BCUT2D eigenvalue weighted by Gasteiger charge is -2.14. The maximum Gasteiger partial charge on any atom is 0.224 e. The Morgan fingerprint density at radius 1 is 1.40 bits per heavy atom. The van der Waals surface area contributed by atoms with Crippen molar-refractivity contribution in [2.45, 2.75) is 13.3 Å². The molecule has 4 nitrogen and oxygen atoms in total. The zero-order valence-corrected chi connectivity index (χ0v) is 12.4. The van der Waals surface area contributed by atoms with Gasteiger partial charge in [-0.05, 0) is 28.1 Å². The Morgan fingerprint density at radius 3 is 2.90 bits per heavy atom. The molecule has 104 valence electrons. The lowest BCUT2D eigenvalue weighted by molar-refractivity contribution is -0.115. The van der Waals surface area contributed by atoms with Gasteiger partial charge in [0.1, 0.15) is 5.82 Å². The van der Waals surface area contributed by atoms with Crippen molar-refractivity contribution in [1.29, 1.82) is 0 Å². The van der Waals surface area contributed by atoms with Crippen LogP contribution in [0.5, 0.6) is 0 Å². The van der Waals surface area contributed by atoms with Gasteiger partial charge in [0.25, 0.3) is 0 Å². The topological polar surface area (TPSA) is 54.0 Å². The first kappa shape index (κ1) is 14.5. The Hall–Kier alpha value is -1.95. The molecule has 2 rings (SSSR count). The van der Waals surface area contributed by atoms with E-state index in [9.17, 15) is 9.18 Å². The van der Waals surface area contributed by atoms with E-state index in [2.05, 4.69) is 31.5 Å². The summed E-state index contributed by atoms with van der Waals surface area (Å²) in [5, 5.41) is 5.84. The molecule has 20 heavy (non-hydrogen) atoms. The first-order valence-corrected chi connectivity index (χ1v) is 6.85. The van der Waals surface area contributed by atoms with Gasteiger partial charge in [-0.1, -0.05) is 13.0 Å². The number of carbonyl (C=O) groups excluding carboxylic acids is 1. The number of anilines is 3. The molecule has 0 fully saturated rings. The van der Waals surface area contributed by atoms with Crippen molar-refractivity contribution in [2.75, 3.05) is 10.6 Å². The summed E-state index contributed by atoms with van der Waals surface area (Å²) >= 11 is 3.41. The van der Waals surface area contributed by atoms with Gasteiger partial charge in [0, 0.05) is 17.0 Å². The molecule has 2 N–H and O–H groups in total. The second-order valence-corrected chi connectivity index (χ2v) is 4.94. The van der Waals surface area contributed by atoms with Crippen LogP contribution in [-0.2, 0) is 4.79 Å². The van der Waals surface area contributed by atoms with E-state index in [1.165, 1.54) is 12.3 Å². The number of aromatic nitrogens is 1. The molecule has 0 aliphatic rings. The van der Waals surface area contributed by atoms with Crippen LogP contribution in [0, 0.1) is 5.82 Å². The molecule has 1 amide bonds. The first-order chi connectivity index (χ1) is 9.60. The molecule has 6 heteroatoms. The number of amides is 1. The number of halogens is 2. The predicted molar refractivity (Wildman–Crippen MR) is 80.5 cm³/mol. The molecule has 0 radical (unpaired) electrons. The minimum absolute atomic E-state index is 0.0940. The van der Waals surface area contributed by atoms with E-state index < -0.39 is 5.82 Å². The summed E-state index contributed by atoms with van der Waals surface area (Å²) in [6, 6.07) is 6.74. The number of hydrogen-bond acceptors (Lipinski definition) is 3. The van der Waals surface area contributed by atoms with Crippen molar-refractivity contribution < 1.29 is 9.18 Å². The Bertz CT molecular complexity index is 634. The Labute approximate surface area is 124 Å². The minimum atomic E-state index is -0.429. The zero-order valence-electron chi connectivity index (χ0n) is 10.8. The van der Waals surface area contributed by atoms with Gasteiger partial charge in [-0.25, -0.2) is 4.39 Å². The van der Waals surface area contributed by atoms with Crippen LogP contribution in [0.2, 0.25) is 0 Å². The average Bonchev–Trinajstić information content (AvgIpc) is 2.42. The molecular weight excluding hydrogens is 325 g/mol. The lowest BCUT2D eigenvalue weighted by atomic mass is 10.2. The van der Waals surface area contributed by atoms with Crippen molar-refractivity contribution in [2.24, 2.45) is 0 Å². The second kappa shape index (κ2) is 6.47. The quantitative estimate of drug-likeness (QED) is 0.883. The standard InChI is InChI=1S/C14H13BrFN3O/c1-2-13(20)19-12-5-3-4-11(15)14(12)18-10-6-9(16)7-17-8-10/h3-8,18H,2H2,1H3,(H,19,20). The van der Waals surface area contributed by atoms with Crippen LogP contribution in [0.1, 0.15) is 13.3 Å². The highest BCUT2D eigenvalue weighted by Crippen LogP contribution is 2.33. The summed E-state index contributed by atoms with van der Waals surface area (Å²) in [6.45, 7) is 1.77. The molecule has 0 atom stereocenters. The van der Waals surface area contributed by atoms with Crippen LogP contribution < -0.4 is 10.6 Å². The lowest BCUT2D eigenvalue weighted by Crippen LogP contribution is -2.11. The average molecular weight is 338 g/mol. The molecule has 1 aromatic carbocycles. The van der Waals surface area contributed by atoms with E-state index in [4.69, 9.17) is 0 Å². The molecule has 0 spiro atoms. The second-order valence-electron chi connectivity index (χ2n) is 4.08. The zero-order chi connectivity index (χ0) is 14.5. The highest BCUT2D eigenvalue weighted by molar-refractivity contribution is 9.10. The van der Waals surface area contributed by atoms with Crippen molar-refractivity contribution in [3.8, 4) is 0 Å². The highest BCUT2D eigenvalue weighted by Gasteiger charge is 2.09. The number of hydrogen-bond donors (Lipinski definition) is 2.